The molecular formula is C19H12F3NO4. The van der Waals surface area contributed by atoms with Gasteiger partial charge in [-0.1, -0.05) is 24.3 Å². The van der Waals surface area contributed by atoms with Gasteiger partial charge in [-0.2, -0.15) is 13.2 Å². The average molecular weight is 375 g/mol. The van der Waals surface area contributed by atoms with Crippen LogP contribution in [0, 0.1) is 0 Å². The minimum Gasteiger partial charge on any atom is -0.503 e. The second kappa shape index (κ2) is 7.36. The van der Waals surface area contributed by atoms with Gasteiger partial charge in [0.2, 0.25) is 0 Å². The van der Waals surface area contributed by atoms with Crippen LogP contribution in [-0.4, -0.2) is 16.1 Å². The van der Waals surface area contributed by atoms with Crippen LogP contribution in [-0.2, 0) is 6.18 Å². The van der Waals surface area contributed by atoms with E-state index in [2.05, 4.69) is 4.98 Å². The topological polar surface area (TPSA) is 68.7 Å². The number of alkyl halides is 3. The Morgan fingerprint density at radius 2 is 1.70 bits per heavy atom. The predicted molar refractivity (Wildman–Crippen MR) is 88.8 cm³/mol. The number of aromatic nitrogens is 1. The number of hydrogen-bond donors (Lipinski definition) is 1. The number of aromatic hydroxyl groups is 1. The molecule has 1 heterocycles. The normalized spacial score (nSPS) is 11.1. The maximum Gasteiger partial charge on any atom is 0.420 e. The van der Waals surface area contributed by atoms with Crippen molar-refractivity contribution in [3.05, 3.63) is 78.0 Å². The summed E-state index contributed by atoms with van der Waals surface area (Å²) < 4.78 is 50.5. The minimum absolute atomic E-state index is 0.115. The van der Waals surface area contributed by atoms with Crippen LogP contribution in [0.1, 0.15) is 15.9 Å². The van der Waals surface area contributed by atoms with E-state index in [1.54, 1.807) is 18.2 Å². The van der Waals surface area contributed by atoms with E-state index in [-0.39, 0.29) is 5.75 Å². The lowest BCUT2D eigenvalue weighted by molar-refractivity contribution is -0.138. The van der Waals surface area contributed by atoms with Crippen molar-refractivity contribution in [3.63, 3.8) is 0 Å². The van der Waals surface area contributed by atoms with Gasteiger partial charge in [-0.15, -0.1) is 0 Å². The number of halogens is 3. The van der Waals surface area contributed by atoms with E-state index >= 15 is 0 Å². The third-order valence-corrected chi connectivity index (χ3v) is 3.44. The van der Waals surface area contributed by atoms with E-state index in [0.29, 0.717) is 0 Å². The molecule has 138 valence electrons. The third kappa shape index (κ3) is 4.17. The van der Waals surface area contributed by atoms with E-state index in [1.165, 1.54) is 30.5 Å². The number of ether oxygens (including phenoxy) is 2. The first kappa shape index (κ1) is 18.2. The van der Waals surface area contributed by atoms with Crippen LogP contribution in [0.3, 0.4) is 0 Å². The van der Waals surface area contributed by atoms with Crippen LogP contribution >= 0.6 is 0 Å². The molecule has 1 aromatic heterocycles. The molecule has 0 unspecified atom stereocenters. The van der Waals surface area contributed by atoms with Crippen LogP contribution in [0.25, 0.3) is 0 Å². The molecule has 0 saturated heterocycles. The Kier molecular flexibility index (Phi) is 4.98. The maximum atomic E-state index is 13.4. The number of rotatable bonds is 4. The second-order valence-corrected chi connectivity index (χ2v) is 5.31. The Balaban J connectivity index is 2.03. The van der Waals surface area contributed by atoms with Crippen molar-refractivity contribution < 1.29 is 32.5 Å². The molecule has 0 bridgehead atoms. The lowest BCUT2D eigenvalue weighted by Crippen LogP contribution is -2.15. The van der Waals surface area contributed by atoms with E-state index < -0.39 is 40.7 Å². The van der Waals surface area contributed by atoms with Crippen molar-refractivity contribution in [2.75, 3.05) is 0 Å². The molecule has 1 N–H and O–H groups in total. The molecule has 8 heteroatoms. The molecule has 27 heavy (non-hydrogen) atoms. The van der Waals surface area contributed by atoms with Crippen LogP contribution < -0.4 is 9.47 Å². The zero-order valence-corrected chi connectivity index (χ0v) is 13.6. The van der Waals surface area contributed by atoms with Gasteiger partial charge in [-0.3, -0.25) is 0 Å². The van der Waals surface area contributed by atoms with Gasteiger partial charge in [0.1, 0.15) is 11.3 Å². The van der Waals surface area contributed by atoms with E-state index in [1.807, 2.05) is 0 Å². The van der Waals surface area contributed by atoms with Crippen molar-refractivity contribution in [3.8, 4) is 23.1 Å². The zero-order chi connectivity index (χ0) is 19.4. The molecular weight excluding hydrogens is 363 g/mol. The molecule has 0 atom stereocenters. The molecule has 0 aliphatic carbocycles. The van der Waals surface area contributed by atoms with Gasteiger partial charge in [0.05, 0.1) is 5.56 Å². The van der Waals surface area contributed by atoms with Gasteiger partial charge in [-0.05, 0) is 36.4 Å². The number of carbonyl (C=O) groups is 1. The van der Waals surface area contributed by atoms with E-state index in [4.69, 9.17) is 9.47 Å². The highest BCUT2D eigenvalue weighted by Crippen LogP contribution is 2.40. The Hall–Kier alpha value is -3.55. The fraction of sp³-hybridized carbons (Fsp3) is 0.0526. The van der Waals surface area contributed by atoms with Gasteiger partial charge in [0.25, 0.3) is 5.88 Å². The Labute approximate surface area is 151 Å². The first-order valence-electron chi connectivity index (χ1n) is 7.65. The number of carbonyl (C=O) groups excluding carboxylic acids is 1. The lowest BCUT2D eigenvalue weighted by Gasteiger charge is -2.16. The summed E-state index contributed by atoms with van der Waals surface area (Å²) in [4.78, 5) is 16.1. The molecule has 2 aromatic carbocycles. The summed E-state index contributed by atoms with van der Waals surface area (Å²) in [6.07, 6.45) is -3.50. The monoisotopic (exact) mass is 375 g/mol. The van der Waals surface area contributed by atoms with Gasteiger partial charge >= 0.3 is 12.1 Å². The highest BCUT2D eigenvalue weighted by Gasteiger charge is 2.37. The van der Waals surface area contributed by atoms with Crippen LogP contribution in [0.2, 0.25) is 0 Å². The molecule has 0 fully saturated rings. The van der Waals surface area contributed by atoms with Crippen LogP contribution in [0.5, 0.6) is 23.1 Å². The molecule has 3 aromatic rings. The van der Waals surface area contributed by atoms with Crippen molar-refractivity contribution in [1.29, 1.82) is 0 Å². The molecule has 0 spiro atoms. The molecule has 5 nitrogen and oxygen atoms in total. The highest BCUT2D eigenvalue weighted by molar-refractivity contribution is 5.94. The number of hydrogen-bond acceptors (Lipinski definition) is 5. The summed E-state index contributed by atoms with van der Waals surface area (Å²) in [6.45, 7) is 0. The molecule has 0 saturated carbocycles. The lowest BCUT2D eigenvalue weighted by atomic mass is 10.1. The molecule has 3 rings (SSSR count). The summed E-state index contributed by atoms with van der Waals surface area (Å²) in [7, 11) is 0. The standard InChI is InChI=1S/C19H12F3NO4/c20-19(21,22)14-9-4-8-13(16(14)26-12-6-2-1-3-7-12)18(25)27-17-15(24)10-5-11-23-17/h1-11,24H. The first-order valence-corrected chi connectivity index (χ1v) is 7.65. The third-order valence-electron chi connectivity index (χ3n) is 3.44. The first-order chi connectivity index (χ1) is 12.9. The van der Waals surface area contributed by atoms with Crippen molar-refractivity contribution in [2.24, 2.45) is 0 Å². The number of esters is 1. The predicted octanol–water partition coefficient (Wildman–Crippen LogP) is 4.82. The SMILES string of the molecule is O=C(Oc1ncccc1O)c1cccc(C(F)(F)F)c1Oc1ccccc1. The van der Waals surface area contributed by atoms with Crippen molar-refractivity contribution in [1.82, 2.24) is 4.98 Å². The summed E-state index contributed by atoms with van der Waals surface area (Å²) >= 11 is 0. The number of nitrogens with zero attached hydrogens (tertiary/aromatic N) is 1. The second-order valence-electron chi connectivity index (χ2n) is 5.31. The smallest absolute Gasteiger partial charge is 0.420 e. The summed E-state index contributed by atoms with van der Waals surface area (Å²) in [5.74, 6) is -2.59. The Morgan fingerprint density at radius 1 is 0.963 bits per heavy atom. The van der Waals surface area contributed by atoms with Gasteiger partial charge in [-0.25, -0.2) is 9.78 Å². The van der Waals surface area contributed by atoms with Gasteiger partial charge in [0, 0.05) is 6.20 Å². The summed E-state index contributed by atoms with van der Waals surface area (Å²) in [5.41, 5.74) is -1.59. The summed E-state index contributed by atoms with van der Waals surface area (Å²) in [6, 6.07) is 13.4. The van der Waals surface area contributed by atoms with Gasteiger partial charge < -0.3 is 14.6 Å². The minimum atomic E-state index is -4.76. The van der Waals surface area contributed by atoms with Crippen LogP contribution in [0.4, 0.5) is 13.2 Å². The highest BCUT2D eigenvalue weighted by atomic mass is 19.4. The number of para-hydroxylation sites is 2. The van der Waals surface area contributed by atoms with Gasteiger partial charge in [0.15, 0.2) is 11.5 Å². The van der Waals surface area contributed by atoms with Crippen molar-refractivity contribution >= 4 is 5.97 Å². The molecule has 0 aliphatic rings. The van der Waals surface area contributed by atoms with Crippen molar-refractivity contribution in [2.45, 2.75) is 6.18 Å². The quantitative estimate of drug-likeness (QED) is 0.663. The van der Waals surface area contributed by atoms with Crippen LogP contribution in [0.15, 0.2) is 66.9 Å². The largest absolute Gasteiger partial charge is 0.503 e. The fourth-order valence-corrected chi connectivity index (χ4v) is 2.24. The zero-order valence-electron chi connectivity index (χ0n) is 13.6. The number of benzene rings is 2. The summed E-state index contributed by atoms with van der Waals surface area (Å²) in [5, 5.41) is 9.64. The fourth-order valence-electron chi connectivity index (χ4n) is 2.24. The Bertz CT molecular complexity index is 959. The van der Waals surface area contributed by atoms with E-state index in [9.17, 15) is 23.1 Å². The molecule has 0 amide bonds. The van der Waals surface area contributed by atoms with E-state index in [0.717, 1.165) is 18.2 Å². The molecule has 0 aliphatic heterocycles. The average Bonchev–Trinajstić information content (AvgIpc) is 2.63. The maximum absolute atomic E-state index is 13.4. The number of pyridine rings is 1. The molecule has 0 radical (unpaired) electrons. The Morgan fingerprint density at radius 3 is 2.37 bits per heavy atom.